The molecule has 0 saturated carbocycles. The van der Waals surface area contributed by atoms with E-state index in [0.717, 1.165) is 10.3 Å². The third-order valence-electron chi connectivity index (χ3n) is 3.39. The second-order valence-corrected chi connectivity index (χ2v) is 6.02. The van der Waals surface area contributed by atoms with Gasteiger partial charge in [0.2, 0.25) is 0 Å². The van der Waals surface area contributed by atoms with Gasteiger partial charge in [-0.2, -0.15) is 0 Å². The van der Waals surface area contributed by atoms with E-state index in [0.29, 0.717) is 25.3 Å². The van der Waals surface area contributed by atoms with Crippen LogP contribution in [0.1, 0.15) is 21.5 Å². The second-order valence-electron chi connectivity index (χ2n) is 5.11. The molecule has 2 N–H and O–H groups in total. The number of carbonyl (C=O) groups is 1. The average molecular weight is 378 g/mol. The Hall–Kier alpha value is -1.92. The number of ether oxygens (including phenoxy) is 1. The van der Waals surface area contributed by atoms with E-state index in [4.69, 9.17) is 4.74 Å². The van der Waals surface area contributed by atoms with E-state index in [9.17, 15) is 4.79 Å². The van der Waals surface area contributed by atoms with E-state index < -0.39 is 0 Å². The fourth-order valence-electron chi connectivity index (χ4n) is 2.02. The third kappa shape index (κ3) is 5.33. The number of pyridine rings is 1. The lowest BCUT2D eigenvalue weighted by atomic mass is 10.1. The van der Waals surface area contributed by atoms with Crippen molar-refractivity contribution in [1.29, 1.82) is 0 Å². The molecule has 0 spiro atoms. The molecule has 23 heavy (non-hydrogen) atoms. The first-order valence-electron chi connectivity index (χ1n) is 7.32. The number of nitrogens with one attached hydrogen (secondary N) is 2. The number of halogens is 1. The Bertz CT molecular complexity index is 659. The molecule has 1 amide bonds. The first-order chi connectivity index (χ1) is 11.1. The van der Waals surface area contributed by atoms with Gasteiger partial charge in [0.15, 0.2) is 0 Å². The minimum atomic E-state index is -0.149. The highest BCUT2D eigenvalue weighted by atomic mass is 79.9. The van der Waals surface area contributed by atoms with E-state index in [1.165, 1.54) is 11.1 Å². The quantitative estimate of drug-likeness (QED) is 0.727. The van der Waals surface area contributed by atoms with Crippen LogP contribution in [-0.2, 0) is 11.3 Å². The predicted molar refractivity (Wildman–Crippen MR) is 94.7 cm³/mol. The van der Waals surface area contributed by atoms with Crippen molar-refractivity contribution in [2.45, 2.75) is 13.5 Å². The normalized spacial score (nSPS) is 10.4. The number of aromatic nitrogens is 1. The van der Waals surface area contributed by atoms with Gasteiger partial charge in [-0.15, -0.1) is 0 Å². The molecule has 5 nitrogen and oxygen atoms in total. The maximum Gasteiger partial charge on any atom is 0.252 e. The van der Waals surface area contributed by atoms with Crippen LogP contribution in [0, 0.1) is 6.92 Å². The molecule has 2 rings (SSSR count). The highest BCUT2D eigenvalue weighted by Gasteiger charge is 2.06. The van der Waals surface area contributed by atoms with Crippen LogP contribution in [0.2, 0.25) is 0 Å². The van der Waals surface area contributed by atoms with Crippen LogP contribution in [0.15, 0.2) is 41.0 Å². The number of methoxy groups -OCH3 is 1. The van der Waals surface area contributed by atoms with Crippen LogP contribution in [0.3, 0.4) is 0 Å². The summed E-state index contributed by atoms with van der Waals surface area (Å²) in [6.45, 7) is 3.73. The van der Waals surface area contributed by atoms with Gasteiger partial charge in [0.05, 0.1) is 12.2 Å². The lowest BCUT2D eigenvalue weighted by Gasteiger charge is -2.10. The molecule has 1 heterocycles. The Labute approximate surface area is 144 Å². The molecule has 6 heteroatoms. The average Bonchev–Trinajstić information content (AvgIpc) is 2.56. The lowest BCUT2D eigenvalue weighted by molar-refractivity contribution is 0.0937. The van der Waals surface area contributed by atoms with E-state index in [1.807, 2.05) is 6.07 Å². The Balaban J connectivity index is 1.92. The number of nitrogens with zero attached hydrogens (tertiary/aromatic N) is 1. The van der Waals surface area contributed by atoms with E-state index in [-0.39, 0.29) is 5.91 Å². The summed E-state index contributed by atoms with van der Waals surface area (Å²) in [4.78, 5) is 16.1. The Morgan fingerprint density at radius 1 is 1.30 bits per heavy atom. The molecule has 0 bridgehead atoms. The van der Waals surface area contributed by atoms with Gasteiger partial charge >= 0.3 is 0 Å². The largest absolute Gasteiger partial charge is 0.383 e. The Morgan fingerprint density at radius 3 is 2.83 bits per heavy atom. The van der Waals surface area contributed by atoms with Gasteiger partial charge in [-0.05, 0) is 42.3 Å². The minimum absolute atomic E-state index is 0.149. The van der Waals surface area contributed by atoms with Crippen molar-refractivity contribution in [2.24, 2.45) is 0 Å². The number of anilines is 1. The van der Waals surface area contributed by atoms with Crippen molar-refractivity contribution in [1.82, 2.24) is 10.3 Å². The van der Waals surface area contributed by atoms with Crippen LogP contribution < -0.4 is 10.6 Å². The van der Waals surface area contributed by atoms with Gasteiger partial charge in [0.1, 0.15) is 5.82 Å². The van der Waals surface area contributed by atoms with E-state index in [1.54, 1.807) is 25.4 Å². The predicted octanol–water partition coefficient (Wildman–Crippen LogP) is 3.14. The lowest BCUT2D eigenvalue weighted by Crippen LogP contribution is -2.27. The Kier molecular flexibility index (Phi) is 6.55. The summed E-state index contributed by atoms with van der Waals surface area (Å²) in [5.74, 6) is 0.585. The molecule has 1 aromatic heterocycles. The maximum absolute atomic E-state index is 11.9. The summed E-state index contributed by atoms with van der Waals surface area (Å²) in [6, 6.07) is 9.74. The highest BCUT2D eigenvalue weighted by molar-refractivity contribution is 9.10. The fourth-order valence-corrected chi connectivity index (χ4v) is 2.43. The van der Waals surface area contributed by atoms with Crippen molar-refractivity contribution in [2.75, 3.05) is 25.6 Å². The number of hydrogen-bond donors (Lipinski definition) is 2. The summed E-state index contributed by atoms with van der Waals surface area (Å²) >= 11 is 3.48. The first kappa shape index (κ1) is 17.4. The highest BCUT2D eigenvalue weighted by Crippen LogP contribution is 2.17. The van der Waals surface area contributed by atoms with Crippen LogP contribution in [0.5, 0.6) is 0 Å². The molecule has 0 aliphatic carbocycles. The minimum Gasteiger partial charge on any atom is -0.383 e. The number of aryl methyl sites for hydroxylation is 1. The van der Waals surface area contributed by atoms with Gasteiger partial charge in [-0.25, -0.2) is 4.98 Å². The van der Waals surface area contributed by atoms with E-state index >= 15 is 0 Å². The molecule has 122 valence electrons. The molecule has 0 unspecified atom stereocenters. The fraction of sp³-hybridized carbons (Fsp3) is 0.294. The summed E-state index contributed by atoms with van der Waals surface area (Å²) < 4.78 is 5.95. The molecular formula is C17H20BrN3O2. The third-order valence-corrected chi connectivity index (χ3v) is 3.88. The Morgan fingerprint density at radius 2 is 2.13 bits per heavy atom. The molecule has 0 fully saturated rings. The topological polar surface area (TPSA) is 63.2 Å². The standard InChI is InChI=1S/C17H20BrN3O2/c1-12-3-5-15(18)9-14(12)11-21-16-6-4-13(10-20-16)17(22)19-7-8-23-2/h3-6,9-10H,7-8,11H2,1-2H3,(H,19,22)(H,20,21). The summed E-state index contributed by atoms with van der Waals surface area (Å²) in [6.07, 6.45) is 1.57. The van der Waals surface area contributed by atoms with Crippen molar-refractivity contribution in [3.63, 3.8) is 0 Å². The van der Waals surface area contributed by atoms with Gasteiger partial charge < -0.3 is 15.4 Å². The summed E-state index contributed by atoms with van der Waals surface area (Å²) in [5.41, 5.74) is 2.95. The second kappa shape index (κ2) is 8.64. The van der Waals surface area contributed by atoms with Gasteiger partial charge in [0.25, 0.3) is 5.91 Å². The molecular weight excluding hydrogens is 358 g/mol. The SMILES string of the molecule is COCCNC(=O)c1ccc(NCc2cc(Br)ccc2C)nc1. The monoisotopic (exact) mass is 377 g/mol. The van der Waals surface area contributed by atoms with Crippen LogP contribution in [-0.4, -0.2) is 31.2 Å². The smallest absolute Gasteiger partial charge is 0.252 e. The molecule has 0 radical (unpaired) electrons. The van der Waals surface area contributed by atoms with Crippen LogP contribution in [0.4, 0.5) is 5.82 Å². The molecule has 0 atom stereocenters. The summed E-state index contributed by atoms with van der Waals surface area (Å²) in [7, 11) is 1.60. The molecule has 1 aromatic carbocycles. The van der Waals surface area contributed by atoms with Crippen molar-refractivity contribution >= 4 is 27.7 Å². The molecule has 0 saturated heterocycles. The van der Waals surface area contributed by atoms with Crippen LogP contribution >= 0.6 is 15.9 Å². The molecule has 0 aliphatic heterocycles. The number of rotatable bonds is 7. The number of amides is 1. The van der Waals surface area contributed by atoms with Crippen molar-refractivity contribution in [3.05, 3.63) is 57.7 Å². The van der Waals surface area contributed by atoms with Crippen molar-refractivity contribution < 1.29 is 9.53 Å². The van der Waals surface area contributed by atoms with Crippen molar-refractivity contribution in [3.8, 4) is 0 Å². The number of carbonyl (C=O) groups excluding carboxylic acids is 1. The first-order valence-corrected chi connectivity index (χ1v) is 8.11. The van der Waals surface area contributed by atoms with Crippen LogP contribution in [0.25, 0.3) is 0 Å². The van der Waals surface area contributed by atoms with Gasteiger partial charge in [-0.1, -0.05) is 22.0 Å². The zero-order valence-corrected chi connectivity index (χ0v) is 14.8. The molecule has 2 aromatic rings. The van der Waals surface area contributed by atoms with E-state index in [2.05, 4.69) is 50.6 Å². The van der Waals surface area contributed by atoms with Gasteiger partial charge in [-0.3, -0.25) is 4.79 Å². The zero-order chi connectivity index (χ0) is 16.7. The maximum atomic E-state index is 11.9. The van der Waals surface area contributed by atoms with Gasteiger partial charge in [0, 0.05) is 30.9 Å². The number of benzene rings is 1. The summed E-state index contributed by atoms with van der Waals surface area (Å²) in [5, 5.41) is 6.03. The molecule has 0 aliphatic rings. The zero-order valence-electron chi connectivity index (χ0n) is 13.2. The number of hydrogen-bond acceptors (Lipinski definition) is 4.